The maximum absolute atomic E-state index is 13.4. The number of carbonyl (C=O) groups is 1. The molecular formula is C32H28FFeNO. The van der Waals surface area contributed by atoms with Crippen molar-refractivity contribution < 1.29 is 26.3 Å². The van der Waals surface area contributed by atoms with Crippen molar-refractivity contribution in [1.29, 1.82) is 0 Å². The second kappa shape index (κ2) is 12.9. The van der Waals surface area contributed by atoms with Gasteiger partial charge in [-0.25, -0.2) is 4.39 Å². The third-order valence-electron chi connectivity index (χ3n) is 6.79. The number of anilines is 1. The number of benzene rings is 2. The number of carbonyl (C=O) groups excluding carboxylic acids is 1. The molecule has 1 amide bonds. The van der Waals surface area contributed by atoms with E-state index >= 15 is 0 Å². The number of rotatable bonds is 5. The summed E-state index contributed by atoms with van der Waals surface area (Å²) in [4.78, 5) is 15.0. The predicted octanol–water partition coefficient (Wildman–Crippen LogP) is 6.63. The third-order valence-corrected chi connectivity index (χ3v) is 6.79. The fourth-order valence-electron chi connectivity index (χ4n) is 5.03. The zero-order chi connectivity index (χ0) is 24.0. The van der Waals surface area contributed by atoms with Crippen molar-refractivity contribution >= 4 is 17.7 Å². The van der Waals surface area contributed by atoms with Gasteiger partial charge in [0.2, 0.25) is 5.91 Å². The first-order valence-corrected chi connectivity index (χ1v) is 12.1. The van der Waals surface area contributed by atoms with Crippen LogP contribution in [0.3, 0.4) is 0 Å². The molecule has 0 bridgehead atoms. The average molecular weight is 517 g/mol. The fraction of sp³-hybridized carbons (Fsp3) is 0.156. The first-order chi connectivity index (χ1) is 17.2. The van der Waals surface area contributed by atoms with Gasteiger partial charge < -0.3 is 4.90 Å². The molecule has 2 nitrogen and oxygen atoms in total. The number of amides is 1. The van der Waals surface area contributed by atoms with Gasteiger partial charge in [-0.3, -0.25) is 4.79 Å². The van der Waals surface area contributed by atoms with Gasteiger partial charge in [-0.1, -0.05) is 54.1 Å². The molecular weight excluding hydrogens is 489 g/mol. The van der Waals surface area contributed by atoms with Gasteiger partial charge in [0.25, 0.3) is 0 Å². The van der Waals surface area contributed by atoms with Crippen LogP contribution >= 0.6 is 0 Å². The van der Waals surface area contributed by atoms with Gasteiger partial charge in [-0.15, -0.1) is 0 Å². The molecule has 1 heterocycles. The molecule has 3 atom stereocenters. The number of halogens is 1. The molecule has 1 unspecified atom stereocenters. The van der Waals surface area contributed by atoms with E-state index < -0.39 is 0 Å². The van der Waals surface area contributed by atoms with Crippen molar-refractivity contribution in [3.05, 3.63) is 147 Å². The fourth-order valence-corrected chi connectivity index (χ4v) is 5.03. The molecule has 182 valence electrons. The maximum atomic E-state index is 13.4. The predicted molar refractivity (Wildman–Crippen MR) is 139 cm³/mol. The van der Waals surface area contributed by atoms with Crippen LogP contribution in [-0.4, -0.2) is 11.9 Å². The molecule has 2 aromatic rings. The molecule has 2 aromatic carbocycles. The van der Waals surface area contributed by atoms with Crippen molar-refractivity contribution in [3.8, 4) is 0 Å². The Labute approximate surface area is 226 Å². The summed E-state index contributed by atoms with van der Waals surface area (Å²) in [5.41, 5.74) is 3.19. The molecule has 2 saturated carbocycles. The number of hydrogen-bond donors (Lipinski definition) is 0. The topological polar surface area (TPSA) is 20.3 Å². The van der Waals surface area contributed by atoms with Crippen molar-refractivity contribution in [2.75, 3.05) is 4.90 Å². The summed E-state index contributed by atoms with van der Waals surface area (Å²) in [6, 6.07) is 16.3. The molecule has 3 aliphatic carbocycles. The SMILES string of the molecule is O=C1C([C@@H]2C=C([C]3[CH][CH][CH][CH]3)CC2)[C@@H](/C=C/c2ccccc2)N1c1ccc(F)cc1.[CH]1[CH][CH][CH][CH]1.[Fe]. The quantitative estimate of drug-likeness (QED) is 0.322. The van der Waals surface area contributed by atoms with Crippen LogP contribution in [0.15, 0.2) is 72.3 Å². The monoisotopic (exact) mass is 517 g/mol. The summed E-state index contributed by atoms with van der Waals surface area (Å²) >= 11 is 0. The van der Waals surface area contributed by atoms with E-state index in [1.165, 1.54) is 23.6 Å². The molecule has 36 heavy (non-hydrogen) atoms. The van der Waals surface area contributed by atoms with Gasteiger partial charge in [0.05, 0.1) is 12.0 Å². The van der Waals surface area contributed by atoms with E-state index in [9.17, 15) is 9.18 Å². The Balaban J connectivity index is 0.000000455. The van der Waals surface area contributed by atoms with Gasteiger partial charge in [-0.2, -0.15) is 0 Å². The number of nitrogens with zero attached hydrogens (tertiary/aromatic N) is 1. The molecule has 6 rings (SSSR count). The van der Waals surface area contributed by atoms with E-state index in [-0.39, 0.29) is 46.7 Å². The molecule has 10 radical (unpaired) electrons. The second-order valence-corrected chi connectivity index (χ2v) is 9.00. The van der Waals surface area contributed by atoms with E-state index in [4.69, 9.17) is 0 Å². The molecule has 3 fully saturated rings. The normalized spacial score (nSPS) is 25.8. The molecule has 4 heteroatoms. The average Bonchev–Trinajstić information content (AvgIpc) is 3.68. The first-order valence-electron chi connectivity index (χ1n) is 12.1. The van der Waals surface area contributed by atoms with Crippen molar-refractivity contribution in [3.63, 3.8) is 0 Å². The maximum Gasteiger partial charge on any atom is 0.233 e. The summed E-state index contributed by atoms with van der Waals surface area (Å²) in [7, 11) is 0. The second-order valence-electron chi connectivity index (χ2n) is 9.00. The largest absolute Gasteiger partial charge is 0.304 e. The van der Waals surface area contributed by atoms with Gasteiger partial charge in [0, 0.05) is 28.7 Å². The van der Waals surface area contributed by atoms with Crippen molar-refractivity contribution in [1.82, 2.24) is 0 Å². The Morgan fingerprint density at radius 3 is 2.11 bits per heavy atom. The van der Waals surface area contributed by atoms with Crippen LogP contribution in [0.25, 0.3) is 6.08 Å². The number of allylic oxidation sites excluding steroid dienone is 2. The van der Waals surface area contributed by atoms with E-state index in [2.05, 4.69) is 56.0 Å². The number of β-lactam (4-membered cyclic amide) rings is 1. The molecule has 4 aliphatic rings. The van der Waals surface area contributed by atoms with Gasteiger partial charge >= 0.3 is 0 Å². The Morgan fingerprint density at radius 1 is 0.833 bits per heavy atom. The van der Waals surface area contributed by atoms with Crippen molar-refractivity contribution in [2.45, 2.75) is 18.9 Å². The van der Waals surface area contributed by atoms with Crippen LogP contribution in [0, 0.1) is 81.4 Å². The van der Waals surface area contributed by atoms with Gasteiger partial charge in [0.1, 0.15) is 5.82 Å². The van der Waals surface area contributed by atoms with Gasteiger partial charge in [0.15, 0.2) is 0 Å². The first kappa shape index (κ1) is 26.9. The van der Waals surface area contributed by atoms with E-state index in [1.807, 2.05) is 50.3 Å². The zero-order valence-electron chi connectivity index (χ0n) is 19.9. The Bertz CT molecular complexity index is 1030. The van der Waals surface area contributed by atoms with Crippen LogP contribution in [0.5, 0.6) is 0 Å². The van der Waals surface area contributed by atoms with Gasteiger partial charge in [-0.05, 0) is 106 Å². The summed E-state index contributed by atoms with van der Waals surface area (Å²) in [5, 5.41) is 0. The Morgan fingerprint density at radius 2 is 1.47 bits per heavy atom. The van der Waals surface area contributed by atoms with E-state index in [1.54, 1.807) is 17.0 Å². The Kier molecular flexibility index (Phi) is 9.62. The van der Waals surface area contributed by atoms with Crippen LogP contribution < -0.4 is 4.90 Å². The summed E-state index contributed by atoms with van der Waals surface area (Å²) in [6.45, 7) is 0. The minimum Gasteiger partial charge on any atom is -0.304 e. The number of hydrogen-bond acceptors (Lipinski definition) is 1. The molecule has 1 saturated heterocycles. The zero-order valence-corrected chi connectivity index (χ0v) is 21.0. The van der Waals surface area contributed by atoms with Crippen LogP contribution in [0.4, 0.5) is 10.1 Å². The Hall–Kier alpha value is -2.16. The summed E-state index contributed by atoms with van der Waals surface area (Å²) in [5.74, 6) is 1.23. The van der Waals surface area contributed by atoms with Crippen LogP contribution in [0.2, 0.25) is 0 Å². The summed E-state index contributed by atoms with van der Waals surface area (Å²) in [6.07, 6.45) is 26.9. The summed E-state index contributed by atoms with van der Waals surface area (Å²) < 4.78 is 13.4. The minimum absolute atomic E-state index is 0. The van der Waals surface area contributed by atoms with E-state index in [0.29, 0.717) is 0 Å². The van der Waals surface area contributed by atoms with Crippen LogP contribution in [-0.2, 0) is 21.9 Å². The van der Waals surface area contributed by atoms with E-state index in [0.717, 1.165) is 24.1 Å². The third kappa shape index (κ3) is 6.21. The smallest absolute Gasteiger partial charge is 0.233 e. The molecule has 0 N–H and O–H groups in total. The van der Waals surface area contributed by atoms with Crippen LogP contribution in [0.1, 0.15) is 18.4 Å². The van der Waals surface area contributed by atoms with Crippen molar-refractivity contribution in [2.24, 2.45) is 11.8 Å². The molecule has 1 aliphatic heterocycles. The molecule has 0 aromatic heterocycles. The molecule has 0 spiro atoms. The minimum atomic E-state index is -0.294. The standard InChI is InChI=1S/C27H23FNO.C5H5.Fe/c28-23-13-15-24(16-14-23)29-25(17-10-19-6-2-1-3-7-19)26(27(29)30)22-12-11-21(18-22)20-8-4-5-9-20;1-2-4-5-3-1;/h1-10,13-18,22,25-26H,11-12H2;1-5H;/b17-10+;;/t22-,25+,26?;;/m0../s1.